The molecule has 0 spiro atoms. The molecule has 2 N–H and O–H groups in total. The molecule has 1 rings (SSSR count). The molecule has 1 aromatic heterocycles. The summed E-state index contributed by atoms with van der Waals surface area (Å²) in [6.45, 7) is 7.67. The molecule has 1 unspecified atom stereocenters. The van der Waals surface area contributed by atoms with Gasteiger partial charge in [-0.05, 0) is 49.3 Å². The van der Waals surface area contributed by atoms with Crippen molar-refractivity contribution >= 4 is 15.9 Å². The van der Waals surface area contributed by atoms with Gasteiger partial charge in [0.1, 0.15) is 0 Å². The van der Waals surface area contributed by atoms with Crippen LogP contribution in [0.4, 0.5) is 0 Å². The molecule has 1 atom stereocenters. The molecule has 0 radical (unpaired) electrons. The highest BCUT2D eigenvalue weighted by molar-refractivity contribution is 9.10. The largest absolute Gasteiger partial charge is 0.390 e. The average Bonchev–Trinajstić information content (AvgIpc) is 2.45. The van der Waals surface area contributed by atoms with Gasteiger partial charge in [0.05, 0.1) is 21.5 Å². The van der Waals surface area contributed by atoms with E-state index in [1.165, 1.54) is 0 Å². The van der Waals surface area contributed by atoms with E-state index in [0.717, 1.165) is 35.4 Å². The van der Waals surface area contributed by atoms with Crippen LogP contribution in [-0.2, 0) is 13.5 Å². The Labute approximate surface area is 112 Å². The smallest absolute Gasteiger partial charge is 0.0738 e. The SMILES string of the molecule is CCNCCC(C)(O)Cc1c(Br)c(C)nn1C. The molecule has 1 heterocycles. The van der Waals surface area contributed by atoms with Crippen LogP contribution in [0, 0.1) is 6.92 Å². The summed E-state index contributed by atoms with van der Waals surface area (Å²) < 4.78 is 2.84. The number of aliphatic hydroxyl groups is 1. The second-order valence-corrected chi connectivity index (χ2v) is 5.54. The molecule has 5 heteroatoms. The predicted molar refractivity (Wildman–Crippen MR) is 73.1 cm³/mol. The first-order valence-electron chi connectivity index (χ1n) is 5.98. The summed E-state index contributed by atoms with van der Waals surface area (Å²) >= 11 is 3.53. The Balaban J connectivity index is 2.68. The fourth-order valence-corrected chi connectivity index (χ4v) is 2.33. The summed E-state index contributed by atoms with van der Waals surface area (Å²) in [6.07, 6.45) is 1.34. The minimum absolute atomic E-state index is 0.607. The number of aryl methyl sites for hydroxylation is 2. The third-order valence-corrected chi connectivity index (χ3v) is 3.93. The Morgan fingerprint density at radius 3 is 2.65 bits per heavy atom. The third-order valence-electron chi connectivity index (χ3n) is 2.90. The maximum atomic E-state index is 10.4. The first kappa shape index (κ1) is 14.7. The van der Waals surface area contributed by atoms with E-state index in [1.807, 2.05) is 25.6 Å². The number of hydrogen-bond donors (Lipinski definition) is 2. The summed E-state index contributed by atoms with van der Waals surface area (Å²) in [7, 11) is 1.91. The van der Waals surface area contributed by atoms with Gasteiger partial charge < -0.3 is 10.4 Å². The second-order valence-electron chi connectivity index (χ2n) is 4.75. The van der Waals surface area contributed by atoms with Gasteiger partial charge in [0, 0.05) is 13.5 Å². The minimum atomic E-state index is -0.703. The van der Waals surface area contributed by atoms with Crippen LogP contribution < -0.4 is 5.32 Å². The Kier molecular flexibility index (Phi) is 5.16. The van der Waals surface area contributed by atoms with Gasteiger partial charge in [0.15, 0.2) is 0 Å². The van der Waals surface area contributed by atoms with Crippen LogP contribution in [0.3, 0.4) is 0 Å². The molecule has 0 aliphatic heterocycles. The zero-order chi connectivity index (χ0) is 13.1. The molecular formula is C12H22BrN3O. The van der Waals surface area contributed by atoms with Crippen LogP contribution in [0.15, 0.2) is 4.47 Å². The lowest BCUT2D eigenvalue weighted by atomic mass is 9.96. The van der Waals surface area contributed by atoms with Crippen LogP contribution in [0.25, 0.3) is 0 Å². The predicted octanol–water partition coefficient (Wildman–Crippen LogP) is 1.78. The molecule has 0 fully saturated rings. The van der Waals surface area contributed by atoms with Gasteiger partial charge in [0.2, 0.25) is 0 Å². The van der Waals surface area contributed by atoms with Gasteiger partial charge in [-0.2, -0.15) is 5.10 Å². The summed E-state index contributed by atoms with van der Waals surface area (Å²) in [5, 5.41) is 17.9. The van der Waals surface area contributed by atoms with Gasteiger partial charge in [0.25, 0.3) is 0 Å². The maximum Gasteiger partial charge on any atom is 0.0738 e. The zero-order valence-electron chi connectivity index (χ0n) is 11.0. The number of hydrogen-bond acceptors (Lipinski definition) is 3. The van der Waals surface area contributed by atoms with Crippen LogP contribution in [0.5, 0.6) is 0 Å². The molecule has 0 amide bonds. The van der Waals surface area contributed by atoms with E-state index in [4.69, 9.17) is 0 Å². The minimum Gasteiger partial charge on any atom is -0.390 e. The molecule has 1 aromatic rings. The maximum absolute atomic E-state index is 10.4. The summed E-state index contributed by atoms with van der Waals surface area (Å²) in [5.74, 6) is 0. The Hall–Kier alpha value is -0.390. The second kappa shape index (κ2) is 5.98. The number of nitrogens with one attached hydrogen (secondary N) is 1. The van der Waals surface area contributed by atoms with Gasteiger partial charge >= 0.3 is 0 Å². The number of rotatable bonds is 6. The molecule has 98 valence electrons. The normalized spacial score (nSPS) is 14.9. The molecule has 0 saturated carbocycles. The highest BCUT2D eigenvalue weighted by Gasteiger charge is 2.24. The van der Waals surface area contributed by atoms with Gasteiger partial charge in [-0.25, -0.2) is 0 Å². The Morgan fingerprint density at radius 2 is 2.18 bits per heavy atom. The van der Waals surface area contributed by atoms with Crippen molar-refractivity contribution in [1.29, 1.82) is 0 Å². The van der Waals surface area contributed by atoms with Crippen molar-refractivity contribution in [2.24, 2.45) is 7.05 Å². The van der Waals surface area contributed by atoms with Crippen LogP contribution in [-0.4, -0.2) is 33.6 Å². The number of halogens is 1. The quantitative estimate of drug-likeness (QED) is 0.788. The molecule has 17 heavy (non-hydrogen) atoms. The third kappa shape index (κ3) is 4.08. The molecule has 0 saturated heterocycles. The monoisotopic (exact) mass is 303 g/mol. The summed E-state index contributed by atoms with van der Waals surface area (Å²) in [6, 6.07) is 0. The molecule has 0 aromatic carbocycles. The van der Waals surface area contributed by atoms with Crippen LogP contribution in [0.2, 0.25) is 0 Å². The zero-order valence-corrected chi connectivity index (χ0v) is 12.6. The first-order valence-corrected chi connectivity index (χ1v) is 6.77. The van der Waals surface area contributed by atoms with Crippen molar-refractivity contribution in [1.82, 2.24) is 15.1 Å². The van der Waals surface area contributed by atoms with Crippen molar-refractivity contribution in [3.05, 3.63) is 15.9 Å². The summed E-state index contributed by atoms with van der Waals surface area (Å²) in [5.41, 5.74) is 1.30. The standard InChI is InChI=1S/C12H22BrN3O/c1-5-14-7-6-12(3,17)8-10-11(13)9(2)15-16(10)4/h14,17H,5-8H2,1-4H3. The highest BCUT2D eigenvalue weighted by atomic mass is 79.9. The number of nitrogens with zero attached hydrogens (tertiary/aromatic N) is 2. The molecule has 0 bridgehead atoms. The summed E-state index contributed by atoms with van der Waals surface area (Å²) in [4.78, 5) is 0. The number of aromatic nitrogens is 2. The van der Waals surface area contributed by atoms with E-state index in [2.05, 4.69) is 33.3 Å². The topological polar surface area (TPSA) is 50.1 Å². The van der Waals surface area contributed by atoms with Crippen molar-refractivity contribution in [2.45, 2.75) is 39.2 Å². The lowest BCUT2D eigenvalue weighted by Crippen LogP contribution is -2.33. The van der Waals surface area contributed by atoms with E-state index >= 15 is 0 Å². The lowest BCUT2D eigenvalue weighted by molar-refractivity contribution is 0.0496. The van der Waals surface area contributed by atoms with E-state index in [9.17, 15) is 5.11 Å². The molecule has 4 nitrogen and oxygen atoms in total. The van der Waals surface area contributed by atoms with Crippen LogP contribution >= 0.6 is 15.9 Å². The lowest BCUT2D eigenvalue weighted by Gasteiger charge is -2.23. The van der Waals surface area contributed by atoms with Crippen molar-refractivity contribution < 1.29 is 5.11 Å². The van der Waals surface area contributed by atoms with E-state index in [-0.39, 0.29) is 0 Å². The van der Waals surface area contributed by atoms with Gasteiger partial charge in [-0.1, -0.05) is 6.92 Å². The van der Waals surface area contributed by atoms with Crippen molar-refractivity contribution in [3.8, 4) is 0 Å². The van der Waals surface area contributed by atoms with Crippen LogP contribution in [0.1, 0.15) is 31.7 Å². The average molecular weight is 304 g/mol. The van der Waals surface area contributed by atoms with E-state index in [0.29, 0.717) is 6.42 Å². The Bertz CT molecular complexity index is 374. The first-order chi connectivity index (χ1) is 7.87. The van der Waals surface area contributed by atoms with Crippen molar-refractivity contribution in [2.75, 3.05) is 13.1 Å². The van der Waals surface area contributed by atoms with Crippen molar-refractivity contribution in [3.63, 3.8) is 0 Å². The fourth-order valence-electron chi connectivity index (χ4n) is 1.86. The molecular weight excluding hydrogens is 282 g/mol. The van der Waals surface area contributed by atoms with E-state index in [1.54, 1.807) is 0 Å². The molecule has 0 aliphatic carbocycles. The van der Waals surface area contributed by atoms with Gasteiger partial charge in [-0.3, -0.25) is 4.68 Å². The molecule has 0 aliphatic rings. The van der Waals surface area contributed by atoms with E-state index < -0.39 is 5.60 Å². The Morgan fingerprint density at radius 1 is 1.53 bits per heavy atom. The van der Waals surface area contributed by atoms with Gasteiger partial charge in [-0.15, -0.1) is 0 Å². The fraction of sp³-hybridized carbons (Fsp3) is 0.750. The highest BCUT2D eigenvalue weighted by Crippen LogP contribution is 2.25.